The lowest BCUT2D eigenvalue weighted by Crippen LogP contribution is -2.41. The predicted octanol–water partition coefficient (Wildman–Crippen LogP) is 2.63. The number of amides is 1. The van der Waals surface area contributed by atoms with Gasteiger partial charge in [0.05, 0.1) is 18.1 Å². The van der Waals surface area contributed by atoms with Crippen LogP contribution in [0.25, 0.3) is 0 Å². The molecule has 3 N–H and O–H groups in total. The Bertz CT molecular complexity index is 791. The second-order valence-electron chi connectivity index (χ2n) is 6.34. The summed E-state index contributed by atoms with van der Waals surface area (Å²) in [7, 11) is 1.84. The zero-order valence-corrected chi connectivity index (χ0v) is 15.3. The Morgan fingerprint density at radius 2 is 2.19 bits per heavy atom. The first-order valence-electron chi connectivity index (χ1n) is 8.51. The quantitative estimate of drug-likeness (QED) is 0.671. The van der Waals surface area contributed by atoms with Gasteiger partial charge in [0.15, 0.2) is 5.82 Å². The van der Waals surface area contributed by atoms with Gasteiger partial charge in [-0.3, -0.25) is 9.48 Å². The maximum atomic E-state index is 11.5. The van der Waals surface area contributed by atoms with Gasteiger partial charge in [0.1, 0.15) is 5.02 Å². The number of carbonyl (C=O) groups excluding carboxylic acids is 1. The number of nitrogens with one attached hydrogen (secondary N) is 3. The first-order valence-corrected chi connectivity index (χ1v) is 8.89. The van der Waals surface area contributed by atoms with E-state index >= 15 is 0 Å². The number of carbonyl (C=O) groups is 1. The van der Waals surface area contributed by atoms with Gasteiger partial charge in [0.2, 0.25) is 11.9 Å². The van der Waals surface area contributed by atoms with Crippen LogP contribution < -0.4 is 16.0 Å². The standard InChI is InChI=1S/C17H22ClN7O/c1-3-15(26)21-11-5-4-6-12(7-11)22-16-14(18)9-19-17(24-16)23-13-8-20-25(2)10-13/h3,8-12H,1,4-7H2,2H3,(H,21,26)(H2,19,22,23,24). The van der Waals surface area contributed by atoms with Crippen molar-refractivity contribution in [3.05, 3.63) is 36.3 Å². The number of halogens is 1. The lowest BCUT2D eigenvalue weighted by atomic mass is 9.91. The molecule has 1 saturated carbocycles. The van der Waals surface area contributed by atoms with Crippen LogP contribution in [0.1, 0.15) is 25.7 Å². The van der Waals surface area contributed by atoms with Crippen LogP contribution in [0.5, 0.6) is 0 Å². The van der Waals surface area contributed by atoms with Crippen LogP contribution in [0.3, 0.4) is 0 Å². The third-order valence-corrected chi connectivity index (χ3v) is 4.53. The second-order valence-corrected chi connectivity index (χ2v) is 6.74. The highest BCUT2D eigenvalue weighted by molar-refractivity contribution is 6.32. The number of hydrogen-bond donors (Lipinski definition) is 3. The van der Waals surface area contributed by atoms with Gasteiger partial charge in [-0.2, -0.15) is 10.1 Å². The van der Waals surface area contributed by atoms with Crippen molar-refractivity contribution in [3.8, 4) is 0 Å². The molecule has 9 heteroatoms. The van der Waals surface area contributed by atoms with Gasteiger partial charge >= 0.3 is 0 Å². The molecule has 1 aliphatic rings. The topological polar surface area (TPSA) is 96.8 Å². The van der Waals surface area contributed by atoms with Crippen molar-refractivity contribution < 1.29 is 4.79 Å². The van der Waals surface area contributed by atoms with Gasteiger partial charge in [-0.05, 0) is 31.8 Å². The van der Waals surface area contributed by atoms with Crippen molar-refractivity contribution in [2.24, 2.45) is 7.05 Å². The average Bonchev–Trinajstić information content (AvgIpc) is 3.03. The van der Waals surface area contributed by atoms with E-state index in [1.807, 2.05) is 13.2 Å². The van der Waals surface area contributed by atoms with Gasteiger partial charge < -0.3 is 16.0 Å². The average molecular weight is 376 g/mol. The molecule has 1 aliphatic carbocycles. The molecule has 2 unspecified atom stereocenters. The molecule has 0 aliphatic heterocycles. The monoisotopic (exact) mass is 375 g/mol. The number of rotatable bonds is 6. The van der Waals surface area contributed by atoms with Gasteiger partial charge in [0.25, 0.3) is 0 Å². The molecule has 2 heterocycles. The Kier molecular flexibility index (Phi) is 5.72. The number of hydrogen-bond acceptors (Lipinski definition) is 6. The molecule has 3 rings (SSSR count). The summed E-state index contributed by atoms with van der Waals surface area (Å²) in [5, 5.41) is 14.0. The number of aryl methyl sites for hydroxylation is 1. The van der Waals surface area contributed by atoms with Crippen LogP contribution in [0.2, 0.25) is 5.02 Å². The summed E-state index contributed by atoms with van der Waals surface area (Å²) in [6.07, 6.45) is 10.2. The Hall–Kier alpha value is -2.61. The fraction of sp³-hybridized carbons (Fsp3) is 0.412. The Labute approximate surface area is 157 Å². The van der Waals surface area contributed by atoms with Crippen LogP contribution in [-0.2, 0) is 11.8 Å². The maximum Gasteiger partial charge on any atom is 0.243 e. The summed E-state index contributed by atoms with van der Waals surface area (Å²) >= 11 is 6.25. The lowest BCUT2D eigenvalue weighted by Gasteiger charge is -2.30. The lowest BCUT2D eigenvalue weighted by molar-refractivity contribution is -0.117. The first-order chi connectivity index (χ1) is 12.5. The molecule has 0 spiro atoms. The highest BCUT2D eigenvalue weighted by Gasteiger charge is 2.23. The van der Waals surface area contributed by atoms with E-state index in [9.17, 15) is 4.79 Å². The van der Waals surface area contributed by atoms with Crippen molar-refractivity contribution in [2.75, 3.05) is 10.6 Å². The molecular formula is C17H22ClN7O. The van der Waals surface area contributed by atoms with E-state index in [1.165, 1.54) is 6.08 Å². The molecule has 1 fully saturated rings. The summed E-state index contributed by atoms with van der Waals surface area (Å²) < 4.78 is 1.69. The van der Waals surface area contributed by atoms with E-state index in [4.69, 9.17) is 11.6 Å². The molecule has 0 aromatic carbocycles. The number of aromatic nitrogens is 4. The molecule has 0 radical (unpaired) electrons. The number of anilines is 3. The summed E-state index contributed by atoms with van der Waals surface area (Å²) in [5.74, 6) is 0.879. The molecule has 2 aromatic rings. The summed E-state index contributed by atoms with van der Waals surface area (Å²) in [6, 6.07) is 0.304. The molecular weight excluding hydrogens is 354 g/mol. The molecule has 26 heavy (non-hydrogen) atoms. The predicted molar refractivity (Wildman–Crippen MR) is 102 cm³/mol. The van der Waals surface area contributed by atoms with E-state index < -0.39 is 0 Å². The molecule has 2 aromatic heterocycles. The van der Waals surface area contributed by atoms with Crippen molar-refractivity contribution in [3.63, 3.8) is 0 Å². The zero-order valence-electron chi connectivity index (χ0n) is 14.6. The molecule has 8 nitrogen and oxygen atoms in total. The Morgan fingerprint density at radius 1 is 1.38 bits per heavy atom. The minimum atomic E-state index is -0.140. The van der Waals surface area contributed by atoms with E-state index in [1.54, 1.807) is 17.1 Å². The fourth-order valence-corrected chi connectivity index (χ4v) is 3.19. The van der Waals surface area contributed by atoms with Crippen LogP contribution >= 0.6 is 11.6 Å². The molecule has 2 atom stereocenters. The first kappa shape index (κ1) is 18.2. The van der Waals surface area contributed by atoms with Gasteiger partial charge in [-0.15, -0.1) is 0 Å². The summed E-state index contributed by atoms with van der Waals surface area (Å²) in [6.45, 7) is 3.50. The minimum Gasteiger partial charge on any atom is -0.366 e. The summed E-state index contributed by atoms with van der Waals surface area (Å²) in [4.78, 5) is 20.2. The van der Waals surface area contributed by atoms with Gasteiger partial charge in [0, 0.05) is 25.3 Å². The molecule has 138 valence electrons. The zero-order chi connectivity index (χ0) is 18.5. The Balaban J connectivity index is 1.65. The van der Waals surface area contributed by atoms with Crippen molar-refractivity contribution in [1.29, 1.82) is 0 Å². The van der Waals surface area contributed by atoms with Crippen molar-refractivity contribution in [2.45, 2.75) is 37.8 Å². The normalized spacial score (nSPS) is 19.6. The highest BCUT2D eigenvalue weighted by Crippen LogP contribution is 2.26. The third-order valence-electron chi connectivity index (χ3n) is 4.25. The third kappa shape index (κ3) is 4.72. The summed E-state index contributed by atoms with van der Waals surface area (Å²) in [5.41, 5.74) is 0.797. The fourth-order valence-electron chi connectivity index (χ4n) is 3.05. The van der Waals surface area contributed by atoms with Crippen molar-refractivity contribution in [1.82, 2.24) is 25.1 Å². The van der Waals surface area contributed by atoms with Crippen LogP contribution in [-0.4, -0.2) is 37.7 Å². The van der Waals surface area contributed by atoms with Crippen molar-refractivity contribution >= 4 is 35.0 Å². The van der Waals surface area contributed by atoms with Crippen LogP contribution in [0, 0.1) is 0 Å². The van der Waals surface area contributed by atoms with Crippen LogP contribution in [0.4, 0.5) is 17.5 Å². The molecule has 0 saturated heterocycles. The number of nitrogens with zero attached hydrogens (tertiary/aromatic N) is 4. The largest absolute Gasteiger partial charge is 0.366 e. The van der Waals surface area contributed by atoms with Gasteiger partial charge in [-0.1, -0.05) is 18.2 Å². The smallest absolute Gasteiger partial charge is 0.243 e. The van der Waals surface area contributed by atoms with E-state index in [2.05, 4.69) is 37.6 Å². The Morgan fingerprint density at radius 3 is 2.92 bits per heavy atom. The SMILES string of the molecule is C=CC(=O)NC1CCCC(Nc2nc(Nc3cnn(C)c3)ncc2Cl)C1. The second kappa shape index (κ2) is 8.18. The minimum absolute atomic E-state index is 0.125. The van der Waals surface area contributed by atoms with Gasteiger partial charge in [-0.25, -0.2) is 4.98 Å². The van der Waals surface area contributed by atoms with Crippen LogP contribution in [0.15, 0.2) is 31.2 Å². The molecule has 0 bridgehead atoms. The highest BCUT2D eigenvalue weighted by atomic mass is 35.5. The van der Waals surface area contributed by atoms with E-state index in [-0.39, 0.29) is 18.0 Å². The van der Waals surface area contributed by atoms with E-state index in [0.29, 0.717) is 16.8 Å². The van der Waals surface area contributed by atoms with E-state index in [0.717, 1.165) is 31.4 Å². The maximum absolute atomic E-state index is 11.5. The molecule has 1 amide bonds.